The number of nitrogens with zero attached hydrogens (tertiary/aromatic N) is 5. The van der Waals surface area contributed by atoms with E-state index in [9.17, 15) is 18.4 Å². The predicted molar refractivity (Wildman–Crippen MR) is 96.8 cm³/mol. The topological polar surface area (TPSA) is 82.7 Å². The molecule has 0 bridgehead atoms. The Balaban J connectivity index is 1.91. The maximum atomic E-state index is 14.1. The highest BCUT2D eigenvalue weighted by molar-refractivity contribution is 6.28. The Morgan fingerprint density at radius 3 is 2.36 bits per heavy atom. The summed E-state index contributed by atoms with van der Waals surface area (Å²) in [5.41, 5.74) is -2.04. The van der Waals surface area contributed by atoms with Crippen LogP contribution in [0.5, 0.6) is 0 Å². The zero-order valence-corrected chi connectivity index (χ0v) is 14.8. The Morgan fingerprint density at radius 1 is 1.00 bits per heavy atom. The van der Waals surface area contributed by atoms with Gasteiger partial charge in [0.15, 0.2) is 5.82 Å². The van der Waals surface area contributed by atoms with E-state index < -0.39 is 28.6 Å². The summed E-state index contributed by atoms with van der Waals surface area (Å²) in [7, 11) is 0. The van der Waals surface area contributed by atoms with Crippen LogP contribution in [0, 0.1) is 11.6 Å². The molecule has 7 nitrogen and oxygen atoms in total. The molecular formula is C18H10ClF2N5O2. The highest BCUT2D eigenvalue weighted by Gasteiger charge is 2.22. The molecule has 4 rings (SSSR count). The predicted octanol–water partition coefficient (Wildman–Crippen LogP) is 2.27. The van der Waals surface area contributed by atoms with Gasteiger partial charge in [0.25, 0.3) is 5.56 Å². The number of rotatable bonds is 3. The second kappa shape index (κ2) is 6.93. The molecule has 3 heterocycles. The van der Waals surface area contributed by atoms with E-state index in [1.54, 1.807) is 12.3 Å². The number of halogens is 3. The molecule has 28 heavy (non-hydrogen) atoms. The van der Waals surface area contributed by atoms with Crippen molar-refractivity contribution in [3.05, 3.63) is 92.2 Å². The van der Waals surface area contributed by atoms with E-state index in [2.05, 4.69) is 15.0 Å². The van der Waals surface area contributed by atoms with E-state index in [4.69, 9.17) is 11.6 Å². The monoisotopic (exact) mass is 401 g/mol. The molecule has 0 unspecified atom stereocenters. The average Bonchev–Trinajstić information content (AvgIpc) is 2.66. The molecule has 2 aromatic rings. The van der Waals surface area contributed by atoms with Gasteiger partial charge in [-0.2, -0.15) is 4.98 Å². The first-order chi connectivity index (χ1) is 13.5. The first kappa shape index (κ1) is 17.9. The standard InChI is InChI=1S/C18H10ClF2N5O2/c19-17-22-7-10(8-23-17)9-25-6-2-3-11-15(25)24-18(28)26(16(11)27)14-12(20)4-1-5-13(14)21/h1-8H,9H2. The summed E-state index contributed by atoms with van der Waals surface area (Å²) in [6, 6.07) is 6.05. The van der Waals surface area contributed by atoms with Crippen LogP contribution in [0.3, 0.4) is 0 Å². The fourth-order valence-corrected chi connectivity index (χ4v) is 2.92. The normalized spacial score (nSPS) is 11.1. The van der Waals surface area contributed by atoms with Crippen molar-refractivity contribution in [2.45, 2.75) is 6.54 Å². The molecule has 1 aromatic heterocycles. The van der Waals surface area contributed by atoms with Crippen LogP contribution in [0.1, 0.15) is 5.56 Å². The van der Waals surface area contributed by atoms with Crippen LogP contribution in [-0.4, -0.2) is 24.1 Å². The number of para-hydroxylation sites is 1. The van der Waals surface area contributed by atoms with Crippen molar-refractivity contribution in [2.75, 3.05) is 0 Å². The maximum absolute atomic E-state index is 14.1. The molecule has 10 heteroatoms. The van der Waals surface area contributed by atoms with Crippen molar-refractivity contribution in [2.24, 2.45) is 0 Å². The lowest BCUT2D eigenvalue weighted by atomic mass is 10.2. The molecule has 2 aliphatic rings. The van der Waals surface area contributed by atoms with E-state index >= 15 is 0 Å². The molecule has 2 aliphatic heterocycles. The fourth-order valence-electron chi connectivity index (χ4n) is 2.83. The quantitative estimate of drug-likeness (QED) is 0.492. The van der Waals surface area contributed by atoms with Gasteiger partial charge < -0.3 is 4.57 Å². The number of aromatic nitrogens is 5. The summed E-state index contributed by atoms with van der Waals surface area (Å²) < 4.78 is 30.1. The number of benzene rings is 1. The zero-order chi connectivity index (χ0) is 19.8. The van der Waals surface area contributed by atoms with Crippen LogP contribution in [0.25, 0.3) is 17.1 Å². The van der Waals surface area contributed by atoms with Gasteiger partial charge in [0.2, 0.25) is 5.28 Å². The lowest BCUT2D eigenvalue weighted by Gasteiger charge is -2.15. The minimum Gasteiger partial charge on any atom is -0.328 e. The van der Waals surface area contributed by atoms with Crippen molar-refractivity contribution >= 4 is 11.6 Å². The van der Waals surface area contributed by atoms with E-state index in [1.807, 2.05) is 0 Å². The van der Waals surface area contributed by atoms with Gasteiger partial charge in [-0.05, 0) is 35.9 Å². The van der Waals surface area contributed by atoms with Crippen LogP contribution in [-0.2, 0) is 6.54 Å². The first-order valence-electron chi connectivity index (χ1n) is 7.99. The van der Waals surface area contributed by atoms with Gasteiger partial charge in [0.05, 0.1) is 12.1 Å². The van der Waals surface area contributed by atoms with Gasteiger partial charge in [-0.3, -0.25) is 4.79 Å². The first-order valence-corrected chi connectivity index (χ1v) is 8.36. The van der Waals surface area contributed by atoms with Crippen molar-refractivity contribution < 1.29 is 8.78 Å². The van der Waals surface area contributed by atoms with Crippen LogP contribution in [0.4, 0.5) is 8.78 Å². The Morgan fingerprint density at radius 2 is 1.68 bits per heavy atom. The molecule has 0 radical (unpaired) electrons. The second-order valence-electron chi connectivity index (χ2n) is 5.84. The Labute approximate surface area is 160 Å². The summed E-state index contributed by atoms with van der Waals surface area (Å²) in [5, 5.41) is 0.0847. The van der Waals surface area contributed by atoms with Crippen molar-refractivity contribution in [3.63, 3.8) is 0 Å². The highest BCUT2D eigenvalue weighted by atomic mass is 35.5. The molecule has 0 saturated heterocycles. The summed E-state index contributed by atoms with van der Waals surface area (Å²) >= 11 is 5.66. The van der Waals surface area contributed by atoms with Crippen LogP contribution in [0.2, 0.25) is 5.28 Å². The molecule has 0 amide bonds. The van der Waals surface area contributed by atoms with Crippen LogP contribution >= 0.6 is 11.6 Å². The molecule has 0 atom stereocenters. The Kier molecular flexibility index (Phi) is 4.44. The molecule has 0 spiro atoms. The number of fused-ring (bicyclic) bond motifs is 1. The summed E-state index contributed by atoms with van der Waals surface area (Å²) in [5.74, 6) is -2.01. The van der Waals surface area contributed by atoms with Crippen LogP contribution in [0.15, 0.2) is 58.5 Å². The third kappa shape index (κ3) is 3.05. The molecule has 140 valence electrons. The Hall–Kier alpha value is -3.46. The average molecular weight is 402 g/mol. The Bertz CT molecular complexity index is 1250. The fraction of sp³-hybridized carbons (Fsp3) is 0.0556. The summed E-state index contributed by atoms with van der Waals surface area (Å²) in [6.45, 7) is 0.207. The molecular weight excluding hydrogens is 392 g/mol. The lowest BCUT2D eigenvalue weighted by molar-refractivity contribution is 0.561. The van der Waals surface area contributed by atoms with E-state index in [-0.39, 0.29) is 23.2 Å². The van der Waals surface area contributed by atoms with E-state index in [1.165, 1.54) is 23.0 Å². The highest BCUT2D eigenvalue weighted by Crippen LogP contribution is 2.18. The molecule has 1 aromatic carbocycles. The van der Waals surface area contributed by atoms with Gasteiger partial charge in [-0.1, -0.05) is 6.07 Å². The number of pyridine rings is 1. The van der Waals surface area contributed by atoms with Gasteiger partial charge in [-0.15, -0.1) is 0 Å². The van der Waals surface area contributed by atoms with Crippen molar-refractivity contribution in [1.29, 1.82) is 0 Å². The van der Waals surface area contributed by atoms with Gasteiger partial charge in [-0.25, -0.2) is 28.1 Å². The summed E-state index contributed by atoms with van der Waals surface area (Å²) in [6.07, 6.45) is 4.60. The largest absolute Gasteiger partial charge is 0.357 e. The third-order valence-electron chi connectivity index (χ3n) is 4.06. The lowest BCUT2D eigenvalue weighted by Crippen LogP contribution is -2.37. The van der Waals surface area contributed by atoms with Crippen LogP contribution < -0.4 is 11.2 Å². The molecule has 0 N–H and O–H groups in total. The molecule has 0 fully saturated rings. The van der Waals surface area contributed by atoms with Gasteiger partial charge in [0.1, 0.15) is 17.3 Å². The SMILES string of the molecule is O=c1nc2n(Cc3cnc(Cl)nc3)cccc-2c(=O)n1-c1c(F)cccc1F. The van der Waals surface area contributed by atoms with E-state index in [0.29, 0.717) is 10.1 Å². The van der Waals surface area contributed by atoms with Gasteiger partial charge in [0, 0.05) is 24.2 Å². The van der Waals surface area contributed by atoms with E-state index in [0.717, 1.165) is 18.2 Å². The third-order valence-corrected chi connectivity index (χ3v) is 4.25. The number of hydrogen-bond acceptors (Lipinski definition) is 5. The second-order valence-corrected chi connectivity index (χ2v) is 6.18. The minimum atomic E-state index is -1.09. The zero-order valence-electron chi connectivity index (χ0n) is 14.0. The summed E-state index contributed by atoms with van der Waals surface area (Å²) in [4.78, 5) is 36.9. The van der Waals surface area contributed by atoms with Gasteiger partial charge >= 0.3 is 5.69 Å². The van der Waals surface area contributed by atoms with Crippen molar-refractivity contribution in [1.82, 2.24) is 24.1 Å². The maximum Gasteiger partial charge on any atom is 0.357 e. The molecule has 0 aliphatic carbocycles. The molecule has 0 saturated carbocycles. The number of hydrogen-bond donors (Lipinski definition) is 0. The minimum absolute atomic E-state index is 0.0274. The smallest absolute Gasteiger partial charge is 0.328 e. The van der Waals surface area contributed by atoms with Crippen molar-refractivity contribution in [3.8, 4) is 17.1 Å².